The number of thiophene rings is 1. The highest BCUT2D eigenvalue weighted by Gasteiger charge is 2.27. The fraction of sp³-hybridized carbons (Fsp3) is 0.346. The molecule has 0 bridgehead atoms. The number of nitrogens with zero attached hydrogens (tertiary/aromatic N) is 3. The number of halogens is 1. The highest BCUT2D eigenvalue weighted by molar-refractivity contribution is 7.14. The number of fused-ring (bicyclic) bond motifs is 1. The molecule has 0 saturated carbocycles. The number of carbonyl (C=O) groups excluding carboxylic acids is 3. The van der Waals surface area contributed by atoms with Crippen molar-refractivity contribution in [2.45, 2.75) is 13.0 Å². The summed E-state index contributed by atoms with van der Waals surface area (Å²) >= 11 is 1.19. The standard InChI is InChI=1S/C26H28FN3O4S/c1-28(2)26(33)23(31)24-20-14-21(22(34-3)13-18(20)16-35-24)25(32)30-10-4-9-29(11-12-30)15-17-5-7-19(27)8-6-17/h5-8,13-14,16H,4,9-12,15H2,1-3H3. The minimum Gasteiger partial charge on any atom is -0.496 e. The maximum absolute atomic E-state index is 13.6. The van der Waals surface area contributed by atoms with Crippen LogP contribution in [0, 0.1) is 5.82 Å². The lowest BCUT2D eigenvalue weighted by atomic mass is 10.0. The molecule has 0 spiro atoms. The highest BCUT2D eigenvalue weighted by atomic mass is 32.1. The average Bonchev–Trinajstić information content (AvgIpc) is 3.13. The van der Waals surface area contributed by atoms with Crippen LogP contribution >= 0.6 is 11.3 Å². The predicted octanol–water partition coefficient (Wildman–Crippen LogP) is 3.67. The molecule has 1 saturated heterocycles. The van der Waals surface area contributed by atoms with Crippen LogP contribution in [0.5, 0.6) is 5.75 Å². The van der Waals surface area contributed by atoms with E-state index in [1.807, 2.05) is 0 Å². The van der Waals surface area contributed by atoms with Crippen molar-refractivity contribution >= 4 is 39.7 Å². The van der Waals surface area contributed by atoms with Gasteiger partial charge < -0.3 is 14.5 Å². The summed E-state index contributed by atoms with van der Waals surface area (Å²) < 4.78 is 18.7. The Morgan fingerprint density at radius 1 is 1.06 bits per heavy atom. The lowest BCUT2D eigenvalue weighted by Gasteiger charge is -2.23. The number of likely N-dealkylation sites (N-methyl/N-ethyl adjacent to an activating group) is 1. The van der Waals surface area contributed by atoms with Gasteiger partial charge >= 0.3 is 0 Å². The predicted molar refractivity (Wildman–Crippen MR) is 134 cm³/mol. The number of rotatable bonds is 6. The molecule has 0 unspecified atom stereocenters. The van der Waals surface area contributed by atoms with E-state index >= 15 is 0 Å². The smallest absolute Gasteiger partial charge is 0.295 e. The molecule has 7 nitrogen and oxygen atoms in total. The lowest BCUT2D eigenvalue weighted by molar-refractivity contribution is -0.124. The SMILES string of the molecule is COc1cc2csc(C(=O)C(=O)N(C)C)c2cc1C(=O)N1CCCN(Cc2ccc(F)cc2)CC1. The van der Waals surface area contributed by atoms with Gasteiger partial charge in [-0.2, -0.15) is 0 Å². The van der Waals surface area contributed by atoms with Crippen LogP contribution in [0.4, 0.5) is 4.39 Å². The molecule has 1 aromatic heterocycles. The molecule has 2 amide bonds. The maximum atomic E-state index is 13.6. The largest absolute Gasteiger partial charge is 0.496 e. The van der Waals surface area contributed by atoms with E-state index in [1.165, 1.54) is 49.6 Å². The number of hydrogen-bond donors (Lipinski definition) is 0. The van der Waals surface area contributed by atoms with Crippen LogP contribution in [-0.4, -0.2) is 79.7 Å². The first-order valence-corrected chi connectivity index (χ1v) is 12.3. The van der Waals surface area contributed by atoms with Crippen molar-refractivity contribution < 1.29 is 23.5 Å². The molecule has 1 aliphatic heterocycles. The van der Waals surface area contributed by atoms with Crippen molar-refractivity contribution in [3.63, 3.8) is 0 Å². The third-order valence-electron chi connectivity index (χ3n) is 6.15. The van der Waals surface area contributed by atoms with Gasteiger partial charge in [-0.3, -0.25) is 19.3 Å². The number of benzene rings is 2. The number of ketones is 1. The van der Waals surface area contributed by atoms with Crippen LogP contribution in [0.25, 0.3) is 10.8 Å². The van der Waals surface area contributed by atoms with E-state index in [1.54, 1.807) is 34.5 Å². The third-order valence-corrected chi connectivity index (χ3v) is 7.17. The Morgan fingerprint density at radius 2 is 1.80 bits per heavy atom. The van der Waals surface area contributed by atoms with E-state index in [0.29, 0.717) is 47.8 Å². The van der Waals surface area contributed by atoms with Gasteiger partial charge in [-0.15, -0.1) is 11.3 Å². The summed E-state index contributed by atoms with van der Waals surface area (Å²) in [5, 5.41) is 3.12. The first-order chi connectivity index (χ1) is 16.8. The molecule has 1 aliphatic rings. The van der Waals surface area contributed by atoms with E-state index in [-0.39, 0.29) is 11.7 Å². The Morgan fingerprint density at radius 3 is 2.49 bits per heavy atom. The quantitative estimate of drug-likeness (QED) is 0.384. The van der Waals surface area contributed by atoms with E-state index in [2.05, 4.69) is 4.90 Å². The second-order valence-corrected chi connectivity index (χ2v) is 9.66. The fourth-order valence-corrected chi connectivity index (χ4v) is 5.18. The molecular formula is C26H28FN3O4S. The van der Waals surface area contributed by atoms with Crippen LogP contribution in [-0.2, 0) is 11.3 Å². The summed E-state index contributed by atoms with van der Waals surface area (Å²) in [5.41, 5.74) is 1.40. The summed E-state index contributed by atoms with van der Waals surface area (Å²) in [4.78, 5) is 44.1. The zero-order chi connectivity index (χ0) is 25.1. The van der Waals surface area contributed by atoms with Gasteiger partial charge in [0.05, 0.1) is 17.6 Å². The molecule has 0 N–H and O–H groups in total. The molecule has 2 aromatic carbocycles. The molecule has 1 fully saturated rings. The topological polar surface area (TPSA) is 70.2 Å². The summed E-state index contributed by atoms with van der Waals surface area (Å²) in [6.07, 6.45) is 0.803. The molecule has 35 heavy (non-hydrogen) atoms. The Bertz CT molecular complexity index is 1260. The van der Waals surface area contributed by atoms with Crippen molar-refractivity contribution in [3.8, 4) is 5.75 Å². The van der Waals surface area contributed by atoms with Crippen molar-refractivity contribution in [1.82, 2.24) is 14.7 Å². The number of amides is 2. The fourth-order valence-electron chi connectivity index (χ4n) is 4.24. The van der Waals surface area contributed by atoms with Crippen LogP contribution in [0.3, 0.4) is 0 Å². The second-order valence-electron chi connectivity index (χ2n) is 8.78. The lowest BCUT2D eigenvalue weighted by Crippen LogP contribution is -2.35. The van der Waals surface area contributed by atoms with Gasteiger partial charge in [0.15, 0.2) is 0 Å². The molecular weight excluding hydrogens is 469 g/mol. The van der Waals surface area contributed by atoms with Gasteiger partial charge in [0.2, 0.25) is 0 Å². The highest BCUT2D eigenvalue weighted by Crippen LogP contribution is 2.33. The molecule has 0 atom stereocenters. The van der Waals surface area contributed by atoms with Crippen LogP contribution in [0.15, 0.2) is 41.8 Å². The molecule has 4 rings (SSSR count). The van der Waals surface area contributed by atoms with Gasteiger partial charge in [-0.1, -0.05) is 12.1 Å². The molecule has 9 heteroatoms. The molecule has 184 valence electrons. The van der Waals surface area contributed by atoms with Crippen LogP contribution in [0.2, 0.25) is 0 Å². The van der Waals surface area contributed by atoms with E-state index in [4.69, 9.17) is 4.74 Å². The summed E-state index contributed by atoms with van der Waals surface area (Å²) in [7, 11) is 4.58. The average molecular weight is 498 g/mol. The molecule has 0 aliphatic carbocycles. The first-order valence-electron chi connectivity index (χ1n) is 11.4. The van der Waals surface area contributed by atoms with E-state index < -0.39 is 11.7 Å². The second kappa shape index (κ2) is 10.5. The van der Waals surface area contributed by atoms with Gasteiger partial charge in [-0.05, 0) is 47.0 Å². The van der Waals surface area contributed by atoms with Gasteiger partial charge in [0.1, 0.15) is 11.6 Å². The molecule has 3 aromatic rings. The number of carbonyl (C=O) groups is 3. The van der Waals surface area contributed by atoms with Crippen molar-refractivity contribution in [1.29, 1.82) is 0 Å². The number of ether oxygens (including phenoxy) is 1. The monoisotopic (exact) mass is 497 g/mol. The van der Waals surface area contributed by atoms with Crippen molar-refractivity contribution in [2.75, 3.05) is 47.4 Å². The van der Waals surface area contributed by atoms with Gasteiger partial charge in [0.25, 0.3) is 17.6 Å². The summed E-state index contributed by atoms with van der Waals surface area (Å²) in [6.45, 7) is 3.34. The first kappa shape index (κ1) is 24.8. The van der Waals surface area contributed by atoms with E-state index in [0.717, 1.165) is 23.9 Å². The van der Waals surface area contributed by atoms with Crippen LogP contribution < -0.4 is 4.74 Å². The Hall–Kier alpha value is -3.30. The van der Waals surface area contributed by atoms with Crippen molar-refractivity contribution in [3.05, 3.63) is 63.6 Å². The number of Topliss-reactive ketones (excluding diaryl/α,β-unsaturated/α-hetero) is 1. The third kappa shape index (κ3) is 5.36. The van der Waals surface area contributed by atoms with Crippen LogP contribution in [0.1, 0.15) is 32.0 Å². The minimum absolute atomic E-state index is 0.170. The summed E-state index contributed by atoms with van der Waals surface area (Å²) in [6, 6.07) is 9.90. The van der Waals surface area contributed by atoms with Crippen molar-refractivity contribution in [2.24, 2.45) is 0 Å². The zero-order valence-corrected chi connectivity index (χ0v) is 20.9. The zero-order valence-electron chi connectivity index (χ0n) is 20.0. The Labute approximate surface area is 207 Å². The normalized spacial score (nSPS) is 14.6. The minimum atomic E-state index is -0.605. The number of hydrogen-bond acceptors (Lipinski definition) is 6. The van der Waals surface area contributed by atoms with Gasteiger partial charge in [0, 0.05) is 52.2 Å². The van der Waals surface area contributed by atoms with E-state index in [9.17, 15) is 18.8 Å². The Balaban J connectivity index is 1.55. The number of methoxy groups -OCH3 is 1. The van der Waals surface area contributed by atoms with Gasteiger partial charge in [-0.25, -0.2) is 4.39 Å². The summed E-state index contributed by atoms with van der Waals surface area (Å²) in [5.74, 6) is -1.19. The maximum Gasteiger partial charge on any atom is 0.295 e. The Kier molecular flexibility index (Phi) is 7.47. The molecule has 2 heterocycles. The molecule has 0 radical (unpaired) electrons.